The van der Waals surface area contributed by atoms with Crippen molar-refractivity contribution in [1.82, 2.24) is 9.80 Å². The van der Waals surface area contributed by atoms with E-state index in [2.05, 4.69) is 23.8 Å². The molecule has 2 aliphatic heterocycles. The zero-order chi connectivity index (χ0) is 27.7. The van der Waals surface area contributed by atoms with E-state index in [-0.39, 0.29) is 29.6 Å². The first-order valence-electron chi connectivity index (χ1n) is 13.2. The first-order valence-corrected chi connectivity index (χ1v) is 13.2. The van der Waals surface area contributed by atoms with Crippen molar-refractivity contribution < 1.29 is 32.2 Å². The first-order chi connectivity index (χ1) is 18.5. The predicted octanol–water partition coefficient (Wildman–Crippen LogP) is 4.18. The molecule has 1 amide bonds. The van der Waals surface area contributed by atoms with Crippen LogP contribution in [-0.2, 0) is 27.6 Å². The number of esters is 1. The Kier molecular flexibility index (Phi) is 5.96. The Labute approximate surface area is 225 Å². The quantitative estimate of drug-likeness (QED) is 0.326. The van der Waals surface area contributed by atoms with Gasteiger partial charge in [-0.25, -0.2) is 0 Å². The minimum Gasteiger partial charge on any atom is -0.487 e. The molecule has 2 heterocycles. The van der Waals surface area contributed by atoms with Crippen LogP contribution in [-0.4, -0.2) is 60.5 Å². The lowest BCUT2D eigenvalue weighted by Crippen LogP contribution is -2.68. The molecule has 0 N–H and O–H groups in total. The molecule has 6 nitrogen and oxygen atoms in total. The second-order valence-corrected chi connectivity index (χ2v) is 11.1. The molecule has 2 bridgehead atoms. The van der Waals surface area contributed by atoms with Gasteiger partial charge in [0.15, 0.2) is 0 Å². The van der Waals surface area contributed by atoms with Crippen molar-refractivity contribution in [3.05, 3.63) is 58.7 Å². The zero-order valence-electron chi connectivity index (χ0n) is 22.0. The highest BCUT2D eigenvalue weighted by atomic mass is 19.4. The topological polar surface area (TPSA) is 59.1 Å². The van der Waals surface area contributed by atoms with E-state index in [1.54, 1.807) is 18.0 Å². The number of alkyl halides is 3. The maximum Gasteiger partial charge on any atom is 0.416 e. The predicted molar refractivity (Wildman–Crippen MR) is 136 cm³/mol. The number of piperidine rings is 1. The maximum atomic E-state index is 13.2. The third-order valence-electron chi connectivity index (χ3n) is 9.16. The molecular formula is C30H29F3N2O4. The molecule has 1 spiro atoms. The van der Waals surface area contributed by atoms with Crippen LogP contribution in [0.2, 0.25) is 0 Å². The summed E-state index contributed by atoms with van der Waals surface area (Å²) in [5.74, 6) is 6.29. The van der Waals surface area contributed by atoms with Crippen LogP contribution < -0.4 is 9.47 Å². The number of hydrogen-bond donors (Lipinski definition) is 0. The van der Waals surface area contributed by atoms with Gasteiger partial charge in [0.1, 0.15) is 17.6 Å². The Morgan fingerprint density at radius 1 is 1.15 bits per heavy atom. The van der Waals surface area contributed by atoms with Gasteiger partial charge in [-0.05, 0) is 81.6 Å². The summed E-state index contributed by atoms with van der Waals surface area (Å²) in [5.41, 5.74) is 1.43. The molecule has 5 atom stereocenters. The Hall–Kier alpha value is -3.51. The number of ether oxygens (including phenoxy) is 2. The Bertz CT molecular complexity index is 1410. The minimum atomic E-state index is -4.43. The fourth-order valence-electron chi connectivity index (χ4n) is 7.46. The lowest BCUT2D eigenvalue weighted by atomic mass is 9.51. The second-order valence-electron chi connectivity index (χ2n) is 11.1. The molecule has 2 aromatic rings. The molecule has 2 aliphatic carbocycles. The SMILES string of the molecule is CC(=O)Oc1ccc2c3c1C[C@@H]1[C@@H]4CC[C@H](N(C)C(=O)C#Cc5ccc(C(F)(F)F)cc5)[C@H](O2)[C@]34CCN1C. The molecule has 2 fully saturated rings. The van der Waals surface area contributed by atoms with Gasteiger partial charge in [0, 0.05) is 48.0 Å². The van der Waals surface area contributed by atoms with Crippen LogP contribution in [0.15, 0.2) is 36.4 Å². The lowest BCUT2D eigenvalue weighted by Gasteiger charge is -2.59. The summed E-state index contributed by atoms with van der Waals surface area (Å²) in [6.45, 7) is 2.30. The Balaban J connectivity index is 1.31. The molecule has 0 aromatic heterocycles. The van der Waals surface area contributed by atoms with E-state index in [1.165, 1.54) is 19.1 Å². The molecule has 1 saturated heterocycles. The Morgan fingerprint density at radius 2 is 1.90 bits per heavy atom. The number of carbonyl (C=O) groups excluding carboxylic acids is 2. The van der Waals surface area contributed by atoms with E-state index in [1.807, 2.05) is 6.07 Å². The highest BCUT2D eigenvalue weighted by Crippen LogP contribution is 2.63. The molecule has 6 rings (SSSR count). The van der Waals surface area contributed by atoms with Crippen molar-refractivity contribution >= 4 is 11.9 Å². The van der Waals surface area contributed by atoms with Crippen molar-refractivity contribution in [2.24, 2.45) is 5.92 Å². The van der Waals surface area contributed by atoms with E-state index in [4.69, 9.17) is 9.47 Å². The number of halogens is 3. The summed E-state index contributed by atoms with van der Waals surface area (Å²) in [7, 11) is 3.86. The molecular weight excluding hydrogens is 509 g/mol. The fraction of sp³-hybridized carbons (Fsp3) is 0.467. The molecule has 204 valence electrons. The van der Waals surface area contributed by atoms with Crippen molar-refractivity contribution in [2.45, 2.75) is 62.4 Å². The van der Waals surface area contributed by atoms with Crippen molar-refractivity contribution in [2.75, 3.05) is 20.6 Å². The Morgan fingerprint density at radius 3 is 2.59 bits per heavy atom. The number of amides is 1. The van der Waals surface area contributed by atoms with Gasteiger partial charge in [-0.2, -0.15) is 13.2 Å². The summed E-state index contributed by atoms with van der Waals surface area (Å²) in [4.78, 5) is 29.1. The molecule has 4 aliphatic rings. The highest BCUT2D eigenvalue weighted by molar-refractivity contribution is 5.94. The smallest absolute Gasteiger partial charge is 0.416 e. The number of likely N-dealkylation sites (N-methyl/N-ethyl adjacent to an activating group) is 2. The van der Waals surface area contributed by atoms with Gasteiger partial charge < -0.3 is 19.3 Å². The largest absolute Gasteiger partial charge is 0.487 e. The van der Waals surface area contributed by atoms with Crippen LogP contribution >= 0.6 is 0 Å². The van der Waals surface area contributed by atoms with Crippen LogP contribution in [0.1, 0.15) is 48.4 Å². The van der Waals surface area contributed by atoms with Gasteiger partial charge in [-0.15, -0.1) is 0 Å². The number of likely N-dealkylation sites (tertiary alicyclic amines) is 1. The molecule has 1 saturated carbocycles. The van der Waals surface area contributed by atoms with E-state index < -0.39 is 17.6 Å². The van der Waals surface area contributed by atoms with E-state index in [0.717, 1.165) is 61.2 Å². The first kappa shape index (κ1) is 25.8. The number of hydrogen-bond acceptors (Lipinski definition) is 5. The highest BCUT2D eigenvalue weighted by Gasteiger charge is 2.66. The summed E-state index contributed by atoms with van der Waals surface area (Å²) in [5, 5.41) is 0. The normalized spacial score (nSPS) is 28.5. The third kappa shape index (κ3) is 3.99. The van der Waals surface area contributed by atoms with Gasteiger partial charge >= 0.3 is 12.1 Å². The van der Waals surface area contributed by atoms with Crippen LogP contribution in [0.4, 0.5) is 13.2 Å². The number of nitrogens with zero attached hydrogens (tertiary/aromatic N) is 2. The average molecular weight is 539 g/mol. The van der Waals surface area contributed by atoms with E-state index in [9.17, 15) is 22.8 Å². The van der Waals surface area contributed by atoms with E-state index in [0.29, 0.717) is 17.2 Å². The van der Waals surface area contributed by atoms with Crippen molar-refractivity contribution in [3.8, 4) is 23.3 Å². The van der Waals surface area contributed by atoms with Gasteiger partial charge in [0.2, 0.25) is 0 Å². The van der Waals surface area contributed by atoms with Crippen molar-refractivity contribution in [1.29, 1.82) is 0 Å². The summed E-state index contributed by atoms with van der Waals surface area (Å²) >= 11 is 0. The van der Waals surface area contributed by atoms with Gasteiger partial charge in [0.05, 0.1) is 11.6 Å². The number of rotatable bonds is 2. The monoisotopic (exact) mass is 538 g/mol. The van der Waals surface area contributed by atoms with Crippen LogP contribution in [0.5, 0.6) is 11.5 Å². The van der Waals surface area contributed by atoms with Crippen LogP contribution in [0.25, 0.3) is 0 Å². The maximum absolute atomic E-state index is 13.2. The summed E-state index contributed by atoms with van der Waals surface area (Å²) < 4.78 is 50.9. The van der Waals surface area contributed by atoms with Gasteiger partial charge in [-0.1, -0.05) is 5.92 Å². The summed E-state index contributed by atoms with van der Waals surface area (Å²) in [6.07, 6.45) is -1.37. The van der Waals surface area contributed by atoms with Gasteiger partial charge in [-0.3, -0.25) is 9.59 Å². The van der Waals surface area contributed by atoms with Gasteiger partial charge in [0.25, 0.3) is 5.91 Å². The minimum absolute atomic E-state index is 0.227. The number of carbonyl (C=O) groups is 2. The lowest BCUT2D eigenvalue weighted by molar-refractivity contribution is -0.137. The molecule has 0 radical (unpaired) electrons. The average Bonchev–Trinajstić information content (AvgIpc) is 3.23. The standard InChI is InChI=1S/C30H29F3N2O4/c1-17(36)38-24-11-12-25-27-20(24)16-23-21-9-10-22(28(39-25)29(21,27)14-15-34(23)2)35(3)26(37)13-6-18-4-7-19(8-5-18)30(31,32)33/h4-5,7-8,11-12,21-23,28H,9-10,14-16H2,1-3H3/t21-,22-,23+,28-,29-/m0/s1. The molecule has 39 heavy (non-hydrogen) atoms. The van der Waals surface area contributed by atoms with E-state index >= 15 is 0 Å². The molecule has 2 aromatic carbocycles. The van der Waals surface area contributed by atoms with Crippen LogP contribution in [0.3, 0.4) is 0 Å². The van der Waals surface area contributed by atoms with Crippen LogP contribution in [0, 0.1) is 17.8 Å². The molecule has 9 heteroatoms. The number of benzene rings is 2. The van der Waals surface area contributed by atoms with Crippen molar-refractivity contribution in [3.63, 3.8) is 0 Å². The molecule has 0 unspecified atom stereocenters. The second kappa shape index (κ2) is 9.02. The third-order valence-corrected chi connectivity index (χ3v) is 9.16. The fourth-order valence-corrected chi connectivity index (χ4v) is 7.46. The summed E-state index contributed by atoms with van der Waals surface area (Å²) in [6, 6.07) is 8.20. The zero-order valence-corrected chi connectivity index (χ0v) is 22.0.